The molecule has 0 aromatic carbocycles. The second kappa shape index (κ2) is 4.20. The monoisotopic (exact) mass is 140 g/mol. The van der Waals surface area contributed by atoms with Gasteiger partial charge in [-0.15, -0.1) is 0 Å². The highest BCUT2D eigenvalue weighted by molar-refractivity contribution is 5.57. The molecule has 0 aliphatic rings. The van der Waals surface area contributed by atoms with Gasteiger partial charge in [-0.1, -0.05) is 20.8 Å². The molecule has 58 valence electrons. The smallest absolute Gasteiger partial charge is 0.0270 e. The van der Waals surface area contributed by atoms with Crippen LogP contribution in [0.3, 0.4) is 0 Å². The first-order valence-corrected chi connectivity index (χ1v) is 3.54. The molecule has 0 unspecified atom stereocenters. The molecule has 0 N–H and O–H groups in total. The Balaban J connectivity index is 3.37. The van der Waals surface area contributed by atoms with Gasteiger partial charge in [0.2, 0.25) is 0 Å². The lowest BCUT2D eigenvalue weighted by Gasteiger charge is -2.15. The molecule has 10 heavy (non-hydrogen) atoms. The Kier molecular flexibility index (Phi) is 3.93. The van der Waals surface area contributed by atoms with Gasteiger partial charge in [-0.25, -0.2) is 0 Å². The molecule has 0 bridgehead atoms. The molecule has 0 amide bonds. The number of rotatable bonds is 3. The fourth-order valence-corrected chi connectivity index (χ4v) is 0.613. The minimum Gasteiger partial charge on any atom is -0.167 e. The molecule has 0 aromatic rings. The maximum absolute atomic E-state index is 3.66. The molecule has 0 heterocycles. The van der Waals surface area contributed by atoms with Gasteiger partial charge < -0.3 is 0 Å². The Bertz CT molecular complexity index is 120. The molecule has 2 nitrogen and oxygen atoms in total. The van der Waals surface area contributed by atoms with Gasteiger partial charge in [-0.2, -0.15) is 10.2 Å². The summed E-state index contributed by atoms with van der Waals surface area (Å²) in [6.07, 6.45) is 3.94. The lowest BCUT2D eigenvalue weighted by atomic mass is 9.91. The first kappa shape index (κ1) is 9.34. The minimum absolute atomic E-state index is 0.396. The molecular formula is C8H16N2. The van der Waals surface area contributed by atoms with Gasteiger partial charge in [-0.3, -0.25) is 0 Å². The predicted octanol–water partition coefficient (Wildman–Crippen LogP) is 2.50. The van der Waals surface area contributed by atoms with Gasteiger partial charge in [0.15, 0.2) is 0 Å². The minimum atomic E-state index is 0.396. The van der Waals surface area contributed by atoms with E-state index in [1.807, 2.05) is 0 Å². The Hall–Kier alpha value is -0.660. The van der Waals surface area contributed by atoms with Crippen molar-refractivity contribution < 1.29 is 0 Å². The average molecular weight is 140 g/mol. The third-order valence-electron chi connectivity index (χ3n) is 1.19. The van der Waals surface area contributed by atoms with Crippen molar-refractivity contribution >= 4 is 12.9 Å². The largest absolute Gasteiger partial charge is 0.167 e. The fourth-order valence-electron chi connectivity index (χ4n) is 0.613. The zero-order valence-electron chi connectivity index (χ0n) is 7.09. The topological polar surface area (TPSA) is 24.7 Å². The van der Waals surface area contributed by atoms with Crippen LogP contribution in [0.5, 0.6) is 0 Å². The van der Waals surface area contributed by atoms with Crippen molar-refractivity contribution in [2.75, 3.05) is 0 Å². The standard InChI is InChI=1S/C8H16N2/c1-8(2,3)6-5-7-10-9-4/h7H,4-6H2,1-3H3/b10-7-. The maximum atomic E-state index is 3.66. The quantitative estimate of drug-likeness (QED) is 0.425. The Morgan fingerprint density at radius 3 is 2.40 bits per heavy atom. The normalized spacial score (nSPS) is 12.3. The SMILES string of the molecule is C=N/N=C\CCC(C)(C)C. The fraction of sp³-hybridized carbons (Fsp3) is 0.750. The number of hydrogen-bond donors (Lipinski definition) is 0. The second-order valence-electron chi connectivity index (χ2n) is 3.54. The van der Waals surface area contributed by atoms with E-state index in [1.54, 1.807) is 6.21 Å². The summed E-state index contributed by atoms with van der Waals surface area (Å²) >= 11 is 0. The second-order valence-corrected chi connectivity index (χ2v) is 3.54. The van der Waals surface area contributed by atoms with Gasteiger partial charge in [0, 0.05) is 12.9 Å². The van der Waals surface area contributed by atoms with Gasteiger partial charge in [0.1, 0.15) is 0 Å². The van der Waals surface area contributed by atoms with E-state index in [1.165, 1.54) is 0 Å². The van der Waals surface area contributed by atoms with Crippen LogP contribution < -0.4 is 0 Å². The van der Waals surface area contributed by atoms with Crippen LogP contribution >= 0.6 is 0 Å². The zero-order valence-corrected chi connectivity index (χ0v) is 7.09. The van der Waals surface area contributed by atoms with Crippen LogP contribution in [0.25, 0.3) is 0 Å². The summed E-state index contributed by atoms with van der Waals surface area (Å²) in [5, 5.41) is 7.04. The van der Waals surface area contributed by atoms with Crippen molar-refractivity contribution in [3.63, 3.8) is 0 Å². The predicted molar refractivity (Wildman–Crippen MR) is 46.7 cm³/mol. The molecule has 0 atom stereocenters. The summed E-state index contributed by atoms with van der Waals surface area (Å²) in [5.74, 6) is 0. The summed E-state index contributed by atoms with van der Waals surface area (Å²) in [6, 6.07) is 0. The highest BCUT2D eigenvalue weighted by Crippen LogP contribution is 2.19. The van der Waals surface area contributed by atoms with E-state index < -0.39 is 0 Å². The summed E-state index contributed by atoms with van der Waals surface area (Å²) < 4.78 is 0. The molecule has 0 rings (SSSR count). The van der Waals surface area contributed by atoms with E-state index in [-0.39, 0.29) is 0 Å². The van der Waals surface area contributed by atoms with Crippen LogP contribution in [-0.4, -0.2) is 12.9 Å². The average Bonchev–Trinajstić information content (AvgIpc) is 1.78. The summed E-state index contributed by atoms with van der Waals surface area (Å²) in [5.41, 5.74) is 0.396. The number of hydrogen-bond acceptors (Lipinski definition) is 2. The third kappa shape index (κ3) is 7.34. The molecule has 0 aromatic heterocycles. The maximum Gasteiger partial charge on any atom is 0.0270 e. The Labute approximate surface area is 63.1 Å². The zero-order chi connectivity index (χ0) is 8.04. The highest BCUT2D eigenvalue weighted by Gasteiger charge is 2.07. The highest BCUT2D eigenvalue weighted by atomic mass is 15.2. The van der Waals surface area contributed by atoms with Crippen molar-refractivity contribution in [3.05, 3.63) is 0 Å². The van der Waals surface area contributed by atoms with Crippen molar-refractivity contribution in [1.29, 1.82) is 0 Å². The van der Waals surface area contributed by atoms with E-state index in [2.05, 4.69) is 37.7 Å². The van der Waals surface area contributed by atoms with Crippen molar-refractivity contribution in [1.82, 2.24) is 0 Å². The molecule has 2 heteroatoms. The summed E-state index contributed by atoms with van der Waals surface area (Å²) in [4.78, 5) is 0. The summed E-state index contributed by atoms with van der Waals surface area (Å²) in [7, 11) is 0. The van der Waals surface area contributed by atoms with Crippen LogP contribution in [0.2, 0.25) is 0 Å². The van der Waals surface area contributed by atoms with Crippen molar-refractivity contribution in [3.8, 4) is 0 Å². The molecule has 0 fully saturated rings. The molecule has 0 radical (unpaired) electrons. The van der Waals surface area contributed by atoms with E-state index in [0.29, 0.717) is 5.41 Å². The summed E-state index contributed by atoms with van der Waals surface area (Å²) in [6.45, 7) is 9.88. The van der Waals surface area contributed by atoms with Gasteiger partial charge >= 0.3 is 0 Å². The van der Waals surface area contributed by atoms with E-state index in [0.717, 1.165) is 12.8 Å². The molecule has 0 aliphatic carbocycles. The number of nitrogens with zero attached hydrogens (tertiary/aromatic N) is 2. The molecular weight excluding hydrogens is 124 g/mol. The van der Waals surface area contributed by atoms with Gasteiger partial charge in [-0.05, 0) is 18.3 Å². The van der Waals surface area contributed by atoms with Gasteiger partial charge in [0.25, 0.3) is 0 Å². The van der Waals surface area contributed by atoms with E-state index >= 15 is 0 Å². The van der Waals surface area contributed by atoms with Crippen LogP contribution in [0, 0.1) is 5.41 Å². The first-order valence-electron chi connectivity index (χ1n) is 3.54. The van der Waals surface area contributed by atoms with E-state index in [9.17, 15) is 0 Å². The molecule has 0 saturated heterocycles. The third-order valence-corrected chi connectivity index (χ3v) is 1.19. The van der Waals surface area contributed by atoms with Crippen LogP contribution in [0.15, 0.2) is 10.2 Å². The molecule has 0 aliphatic heterocycles. The van der Waals surface area contributed by atoms with Crippen LogP contribution in [0.1, 0.15) is 33.6 Å². The van der Waals surface area contributed by atoms with Crippen molar-refractivity contribution in [2.24, 2.45) is 15.6 Å². The molecule has 0 saturated carbocycles. The lowest BCUT2D eigenvalue weighted by Crippen LogP contribution is -2.04. The Morgan fingerprint density at radius 1 is 1.40 bits per heavy atom. The van der Waals surface area contributed by atoms with Crippen LogP contribution in [-0.2, 0) is 0 Å². The molecule has 0 spiro atoms. The van der Waals surface area contributed by atoms with Crippen LogP contribution in [0.4, 0.5) is 0 Å². The van der Waals surface area contributed by atoms with Crippen molar-refractivity contribution in [2.45, 2.75) is 33.6 Å². The lowest BCUT2D eigenvalue weighted by molar-refractivity contribution is 0.387. The first-order chi connectivity index (χ1) is 4.56. The Morgan fingerprint density at radius 2 is 2.00 bits per heavy atom. The van der Waals surface area contributed by atoms with E-state index in [4.69, 9.17) is 0 Å². The van der Waals surface area contributed by atoms with Gasteiger partial charge in [0.05, 0.1) is 0 Å².